The van der Waals surface area contributed by atoms with E-state index in [1.54, 1.807) is 20.3 Å². The van der Waals surface area contributed by atoms with Gasteiger partial charge in [0.25, 0.3) is 5.91 Å². The number of ether oxygens (including phenoxy) is 2. The molecular weight excluding hydrogens is 350 g/mol. The molecule has 0 atom stereocenters. The summed E-state index contributed by atoms with van der Waals surface area (Å²) in [4.78, 5) is 12.1. The van der Waals surface area contributed by atoms with Gasteiger partial charge >= 0.3 is 0 Å². The van der Waals surface area contributed by atoms with Crippen molar-refractivity contribution in [2.24, 2.45) is 0 Å². The van der Waals surface area contributed by atoms with Crippen molar-refractivity contribution in [3.05, 3.63) is 28.7 Å². The zero-order chi connectivity index (χ0) is 16.5. The lowest BCUT2D eigenvalue weighted by Crippen LogP contribution is -2.36. The molecule has 0 aliphatic rings. The first-order chi connectivity index (χ1) is 10.3. The van der Waals surface area contributed by atoms with Crippen molar-refractivity contribution < 1.29 is 19.4 Å². The van der Waals surface area contributed by atoms with E-state index in [0.717, 1.165) is 10.8 Å². The quantitative estimate of drug-likeness (QED) is 0.869. The first kappa shape index (κ1) is 16.6. The number of anilines is 1. The molecule has 0 aromatic heterocycles. The summed E-state index contributed by atoms with van der Waals surface area (Å²) in [7, 11) is 3.12. The summed E-state index contributed by atoms with van der Waals surface area (Å²) in [5, 5.41) is 14.2. The van der Waals surface area contributed by atoms with Crippen LogP contribution in [-0.2, 0) is 4.79 Å². The van der Waals surface area contributed by atoms with Crippen LogP contribution in [0.5, 0.6) is 11.5 Å². The number of carbonyl (C=O) groups is 1. The summed E-state index contributed by atoms with van der Waals surface area (Å²) in [5.74, 6) is 0.680. The molecule has 5 nitrogen and oxygen atoms in total. The minimum Gasteiger partial charge on any atom is -0.493 e. The summed E-state index contributed by atoms with van der Waals surface area (Å²) >= 11 is 3.43. The molecule has 6 heteroatoms. The van der Waals surface area contributed by atoms with Crippen molar-refractivity contribution in [3.8, 4) is 11.5 Å². The molecule has 0 unspecified atom stereocenters. The second-order valence-corrected chi connectivity index (χ2v) is 6.22. The Labute approximate surface area is 137 Å². The lowest BCUT2D eigenvalue weighted by molar-refractivity contribution is -0.130. The number of nitrogens with one attached hydrogen (secondary N) is 1. The molecule has 0 aliphatic carbocycles. The van der Waals surface area contributed by atoms with Crippen molar-refractivity contribution in [1.82, 2.24) is 0 Å². The van der Waals surface area contributed by atoms with Crippen molar-refractivity contribution >= 4 is 38.3 Å². The molecule has 0 bridgehead atoms. The molecule has 0 fully saturated rings. The molecule has 2 N–H and O–H groups in total. The standard InChI is InChI=1S/C16H18BrNO4/c1-16(2,20)15(19)18-14-10-8-13(22-4)12(21-3)7-9(10)5-6-11(14)17/h5-8,20H,1-4H3,(H,18,19). The second-order valence-electron chi connectivity index (χ2n) is 5.36. The van der Waals surface area contributed by atoms with E-state index in [-0.39, 0.29) is 0 Å². The van der Waals surface area contributed by atoms with Crippen LogP contribution in [0.15, 0.2) is 28.7 Å². The fraction of sp³-hybridized carbons (Fsp3) is 0.312. The maximum Gasteiger partial charge on any atom is 0.255 e. The average molecular weight is 368 g/mol. The number of amides is 1. The number of fused-ring (bicyclic) bond motifs is 1. The van der Waals surface area contributed by atoms with Gasteiger partial charge in [-0.15, -0.1) is 0 Å². The van der Waals surface area contributed by atoms with E-state index < -0.39 is 11.5 Å². The number of methoxy groups -OCH3 is 2. The van der Waals surface area contributed by atoms with E-state index in [0.29, 0.717) is 21.7 Å². The van der Waals surface area contributed by atoms with E-state index in [1.807, 2.05) is 18.2 Å². The average Bonchev–Trinajstić information content (AvgIpc) is 2.47. The number of hydrogen-bond donors (Lipinski definition) is 2. The maximum atomic E-state index is 12.1. The highest BCUT2D eigenvalue weighted by molar-refractivity contribution is 9.10. The zero-order valence-corrected chi connectivity index (χ0v) is 14.4. The summed E-state index contributed by atoms with van der Waals surface area (Å²) in [6.45, 7) is 2.87. The van der Waals surface area contributed by atoms with Gasteiger partial charge < -0.3 is 19.9 Å². The molecule has 118 valence electrons. The molecule has 2 rings (SSSR count). The Bertz CT molecular complexity index is 722. The van der Waals surface area contributed by atoms with Crippen molar-refractivity contribution in [3.63, 3.8) is 0 Å². The van der Waals surface area contributed by atoms with Gasteiger partial charge in [0.05, 0.1) is 19.9 Å². The fourth-order valence-corrected chi connectivity index (χ4v) is 2.46. The fourth-order valence-electron chi connectivity index (χ4n) is 2.02. The topological polar surface area (TPSA) is 67.8 Å². The SMILES string of the molecule is COc1cc2ccc(Br)c(NC(=O)C(C)(C)O)c2cc1OC. The minimum atomic E-state index is -1.47. The van der Waals surface area contributed by atoms with Crippen LogP contribution in [-0.4, -0.2) is 30.8 Å². The Morgan fingerprint density at radius 2 is 1.77 bits per heavy atom. The maximum absolute atomic E-state index is 12.1. The van der Waals surface area contributed by atoms with Crippen LogP contribution in [0.2, 0.25) is 0 Å². The third kappa shape index (κ3) is 3.18. The Morgan fingerprint density at radius 3 is 2.32 bits per heavy atom. The van der Waals surface area contributed by atoms with Crippen LogP contribution >= 0.6 is 15.9 Å². The van der Waals surface area contributed by atoms with E-state index in [9.17, 15) is 9.90 Å². The monoisotopic (exact) mass is 367 g/mol. The lowest BCUT2D eigenvalue weighted by atomic mass is 10.1. The highest BCUT2D eigenvalue weighted by Gasteiger charge is 2.25. The smallest absolute Gasteiger partial charge is 0.255 e. The van der Waals surface area contributed by atoms with Gasteiger partial charge in [0.15, 0.2) is 11.5 Å². The van der Waals surface area contributed by atoms with Gasteiger partial charge in [-0.05, 0) is 53.4 Å². The molecule has 1 amide bonds. The molecule has 2 aromatic carbocycles. The van der Waals surface area contributed by atoms with Crippen LogP contribution in [0.1, 0.15) is 13.8 Å². The van der Waals surface area contributed by atoms with Gasteiger partial charge in [-0.3, -0.25) is 4.79 Å². The van der Waals surface area contributed by atoms with Crippen LogP contribution < -0.4 is 14.8 Å². The molecule has 0 radical (unpaired) electrons. The van der Waals surface area contributed by atoms with Crippen molar-refractivity contribution in [2.75, 3.05) is 19.5 Å². The first-order valence-electron chi connectivity index (χ1n) is 6.66. The van der Waals surface area contributed by atoms with Crippen LogP contribution in [0.3, 0.4) is 0 Å². The Balaban J connectivity index is 2.62. The van der Waals surface area contributed by atoms with Crippen LogP contribution in [0, 0.1) is 0 Å². The summed E-state index contributed by atoms with van der Waals surface area (Å²) in [6.07, 6.45) is 0. The van der Waals surface area contributed by atoms with Gasteiger partial charge in [-0.1, -0.05) is 6.07 Å². The molecule has 0 heterocycles. The van der Waals surface area contributed by atoms with Gasteiger partial charge in [-0.25, -0.2) is 0 Å². The Kier molecular flexibility index (Phi) is 4.63. The summed E-state index contributed by atoms with van der Waals surface area (Å²) in [6, 6.07) is 7.36. The van der Waals surface area contributed by atoms with Crippen LogP contribution in [0.25, 0.3) is 10.8 Å². The molecule has 0 aliphatic heterocycles. The molecular formula is C16H18BrNO4. The third-order valence-corrected chi connectivity index (χ3v) is 3.93. The van der Waals surface area contributed by atoms with Gasteiger partial charge in [0, 0.05) is 9.86 Å². The zero-order valence-electron chi connectivity index (χ0n) is 12.9. The number of benzene rings is 2. The summed E-state index contributed by atoms with van der Waals surface area (Å²) < 4.78 is 11.3. The summed E-state index contributed by atoms with van der Waals surface area (Å²) in [5.41, 5.74) is -0.899. The predicted molar refractivity (Wildman–Crippen MR) is 89.7 cm³/mol. The first-order valence-corrected chi connectivity index (χ1v) is 7.45. The third-order valence-electron chi connectivity index (χ3n) is 3.27. The lowest BCUT2D eigenvalue weighted by Gasteiger charge is -2.19. The minimum absolute atomic E-state index is 0.490. The Morgan fingerprint density at radius 1 is 1.18 bits per heavy atom. The molecule has 0 saturated heterocycles. The van der Waals surface area contributed by atoms with E-state index in [1.165, 1.54) is 13.8 Å². The number of hydrogen-bond acceptors (Lipinski definition) is 4. The Hall–Kier alpha value is -1.79. The van der Waals surface area contributed by atoms with Gasteiger partial charge in [0.1, 0.15) is 5.60 Å². The number of halogens is 1. The number of rotatable bonds is 4. The number of aliphatic hydroxyl groups is 1. The highest BCUT2D eigenvalue weighted by atomic mass is 79.9. The van der Waals surface area contributed by atoms with Crippen LogP contribution in [0.4, 0.5) is 5.69 Å². The number of carbonyl (C=O) groups excluding carboxylic acids is 1. The normalized spacial score (nSPS) is 11.4. The van der Waals surface area contributed by atoms with E-state index >= 15 is 0 Å². The molecule has 2 aromatic rings. The van der Waals surface area contributed by atoms with E-state index in [4.69, 9.17) is 9.47 Å². The highest BCUT2D eigenvalue weighted by Crippen LogP contribution is 2.38. The predicted octanol–water partition coefficient (Wildman–Crippen LogP) is 3.33. The van der Waals surface area contributed by atoms with Crippen molar-refractivity contribution in [1.29, 1.82) is 0 Å². The largest absolute Gasteiger partial charge is 0.493 e. The van der Waals surface area contributed by atoms with Gasteiger partial charge in [-0.2, -0.15) is 0 Å². The molecule has 0 saturated carbocycles. The second kappa shape index (κ2) is 6.14. The molecule has 0 spiro atoms. The van der Waals surface area contributed by atoms with Gasteiger partial charge in [0.2, 0.25) is 0 Å². The van der Waals surface area contributed by atoms with E-state index in [2.05, 4.69) is 21.2 Å². The van der Waals surface area contributed by atoms with Crippen molar-refractivity contribution in [2.45, 2.75) is 19.4 Å². The molecule has 22 heavy (non-hydrogen) atoms.